The SMILES string of the molecule is O=C(CC(=O)C(F)F)c1cccc(Cl)c1. The van der Waals surface area contributed by atoms with Crippen LogP contribution in [0.15, 0.2) is 24.3 Å². The van der Waals surface area contributed by atoms with Crippen LogP contribution in [0.2, 0.25) is 5.02 Å². The first-order valence-electron chi connectivity index (χ1n) is 4.10. The minimum absolute atomic E-state index is 0.163. The van der Waals surface area contributed by atoms with E-state index in [0.717, 1.165) is 0 Å². The molecule has 1 rings (SSSR count). The average Bonchev–Trinajstić information content (AvgIpc) is 2.17. The van der Waals surface area contributed by atoms with Crippen molar-refractivity contribution < 1.29 is 18.4 Å². The first-order chi connectivity index (χ1) is 7.00. The predicted octanol–water partition coefficient (Wildman–Crippen LogP) is 2.75. The van der Waals surface area contributed by atoms with Gasteiger partial charge in [-0.25, -0.2) is 8.78 Å². The number of benzene rings is 1. The van der Waals surface area contributed by atoms with Crippen LogP contribution in [0.4, 0.5) is 8.78 Å². The fourth-order valence-electron chi connectivity index (χ4n) is 0.999. The number of rotatable bonds is 4. The van der Waals surface area contributed by atoms with Gasteiger partial charge in [-0.1, -0.05) is 23.7 Å². The number of halogens is 3. The van der Waals surface area contributed by atoms with E-state index >= 15 is 0 Å². The molecule has 0 saturated heterocycles. The van der Waals surface area contributed by atoms with Gasteiger partial charge in [-0.2, -0.15) is 0 Å². The Hall–Kier alpha value is -1.29. The van der Waals surface area contributed by atoms with Crippen molar-refractivity contribution >= 4 is 23.2 Å². The van der Waals surface area contributed by atoms with Crippen molar-refractivity contribution in [2.24, 2.45) is 0 Å². The van der Waals surface area contributed by atoms with Gasteiger partial charge in [0.2, 0.25) is 5.78 Å². The normalized spacial score (nSPS) is 10.4. The summed E-state index contributed by atoms with van der Waals surface area (Å²) < 4.78 is 23.7. The van der Waals surface area contributed by atoms with Crippen LogP contribution in [0.5, 0.6) is 0 Å². The van der Waals surface area contributed by atoms with Gasteiger partial charge in [-0.15, -0.1) is 0 Å². The molecule has 0 N–H and O–H groups in total. The van der Waals surface area contributed by atoms with E-state index < -0.39 is 24.4 Å². The smallest absolute Gasteiger partial charge is 0.294 e. The topological polar surface area (TPSA) is 34.1 Å². The minimum Gasteiger partial charge on any atom is -0.294 e. The second-order valence-electron chi connectivity index (χ2n) is 2.88. The third-order valence-corrected chi connectivity index (χ3v) is 1.96. The molecule has 0 aliphatic heterocycles. The van der Waals surface area contributed by atoms with Gasteiger partial charge < -0.3 is 0 Å². The Morgan fingerprint density at radius 1 is 1.33 bits per heavy atom. The van der Waals surface area contributed by atoms with Crippen molar-refractivity contribution in [2.45, 2.75) is 12.8 Å². The Kier molecular flexibility index (Phi) is 3.91. The van der Waals surface area contributed by atoms with Crippen molar-refractivity contribution in [3.63, 3.8) is 0 Å². The van der Waals surface area contributed by atoms with Crippen molar-refractivity contribution in [1.82, 2.24) is 0 Å². The second kappa shape index (κ2) is 4.98. The van der Waals surface area contributed by atoms with Gasteiger partial charge in [0.05, 0.1) is 6.42 Å². The molecule has 0 amide bonds. The molecule has 0 unspecified atom stereocenters. The summed E-state index contributed by atoms with van der Waals surface area (Å²) in [5.74, 6) is -2.03. The molecule has 0 atom stereocenters. The summed E-state index contributed by atoms with van der Waals surface area (Å²) in [7, 11) is 0. The number of Topliss-reactive ketones (excluding diaryl/α,β-unsaturated/α-hetero) is 2. The zero-order valence-electron chi connectivity index (χ0n) is 7.54. The Morgan fingerprint density at radius 2 is 2.00 bits per heavy atom. The molecule has 0 aliphatic rings. The van der Waals surface area contributed by atoms with E-state index in [1.165, 1.54) is 18.2 Å². The van der Waals surface area contributed by atoms with Crippen LogP contribution >= 0.6 is 11.6 Å². The van der Waals surface area contributed by atoms with E-state index in [2.05, 4.69) is 0 Å². The molecule has 0 radical (unpaired) electrons. The van der Waals surface area contributed by atoms with Crippen LogP contribution in [0, 0.1) is 0 Å². The predicted molar refractivity (Wildman–Crippen MR) is 51.4 cm³/mol. The molecule has 2 nitrogen and oxygen atoms in total. The highest BCUT2D eigenvalue weighted by atomic mass is 35.5. The summed E-state index contributed by atoms with van der Waals surface area (Å²) >= 11 is 5.60. The Labute approximate surface area is 89.8 Å². The minimum atomic E-state index is -3.10. The van der Waals surface area contributed by atoms with Crippen LogP contribution in [0.3, 0.4) is 0 Å². The molecule has 0 fully saturated rings. The number of carbonyl (C=O) groups is 2. The maximum atomic E-state index is 11.9. The summed E-state index contributed by atoms with van der Waals surface area (Å²) in [6.07, 6.45) is -3.90. The Balaban J connectivity index is 2.74. The largest absolute Gasteiger partial charge is 0.296 e. The lowest BCUT2D eigenvalue weighted by Crippen LogP contribution is -2.15. The molecule has 80 valence electrons. The van der Waals surface area contributed by atoms with Gasteiger partial charge in [0.25, 0.3) is 6.43 Å². The molecule has 0 spiro atoms. The van der Waals surface area contributed by atoms with Crippen LogP contribution in [0.1, 0.15) is 16.8 Å². The van der Waals surface area contributed by atoms with Gasteiger partial charge in [0.15, 0.2) is 5.78 Å². The number of hydrogen-bond donors (Lipinski definition) is 0. The number of alkyl halides is 2. The van der Waals surface area contributed by atoms with Gasteiger partial charge in [-0.3, -0.25) is 9.59 Å². The van der Waals surface area contributed by atoms with Crippen LogP contribution in [-0.2, 0) is 4.79 Å². The summed E-state index contributed by atoms with van der Waals surface area (Å²) in [6.45, 7) is 0. The van der Waals surface area contributed by atoms with Gasteiger partial charge in [-0.05, 0) is 12.1 Å². The van der Waals surface area contributed by atoms with Crippen LogP contribution < -0.4 is 0 Å². The highest BCUT2D eigenvalue weighted by molar-refractivity contribution is 6.31. The van der Waals surface area contributed by atoms with Crippen molar-refractivity contribution in [1.29, 1.82) is 0 Å². The molecule has 0 saturated carbocycles. The van der Waals surface area contributed by atoms with Crippen LogP contribution in [-0.4, -0.2) is 18.0 Å². The second-order valence-corrected chi connectivity index (χ2v) is 3.31. The number of hydrogen-bond acceptors (Lipinski definition) is 2. The molecular formula is C10H7ClF2O2. The summed E-state index contributed by atoms with van der Waals surface area (Å²) in [6, 6.07) is 5.82. The summed E-state index contributed by atoms with van der Waals surface area (Å²) in [4.78, 5) is 21.9. The van der Waals surface area contributed by atoms with E-state index in [9.17, 15) is 18.4 Å². The third kappa shape index (κ3) is 3.40. The Bertz CT molecular complexity index is 391. The van der Waals surface area contributed by atoms with Gasteiger partial charge >= 0.3 is 0 Å². The number of carbonyl (C=O) groups excluding carboxylic acids is 2. The van der Waals surface area contributed by atoms with Crippen molar-refractivity contribution in [3.8, 4) is 0 Å². The molecule has 0 aliphatic carbocycles. The molecule has 15 heavy (non-hydrogen) atoms. The van der Waals surface area contributed by atoms with E-state index in [-0.39, 0.29) is 5.56 Å². The van der Waals surface area contributed by atoms with Gasteiger partial charge in [0.1, 0.15) is 0 Å². The molecule has 0 aromatic heterocycles. The fraction of sp³-hybridized carbons (Fsp3) is 0.200. The average molecular weight is 233 g/mol. The summed E-state index contributed by atoms with van der Waals surface area (Å²) in [5.41, 5.74) is 0.163. The maximum absolute atomic E-state index is 11.9. The highest BCUT2D eigenvalue weighted by Gasteiger charge is 2.19. The molecule has 5 heteroatoms. The lowest BCUT2D eigenvalue weighted by molar-refractivity contribution is -0.128. The monoisotopic (exact) mass is 232 g/mol. The van der Waals surface area contributed by atoms with Gasteiger partial charge in [0, 0.05) is 10.6 Å². The number of ketones is 2. The maximum Gasteiger partial charge on any atom is 0.296 e. The van der Waals surface area contributed by atoms with E-state index in [4.69, 9.17) is 11.6 Å². The quantitative estimate of drug-likeness (QED) is 0.591. The lowest BCUT2D eigenvalue weighted by atomic mass is 10.1. The summed E-state index contributed by atoms with van der Waals surface area (Å²) in [5, 5.41) is 0.324. The zero-order valence-corrected chi connectivity index (χ0v) is 8.30. The zero-order chi connectivity index (χ0) is 11.4. The highest BCUT2D eigenvalue weighted by Crippen LogP contribution is 2.13. The lowest BCUT2D eigenvalue weighted by Gasteiger charge is -2.00. The first-order valence-corrected chi connectivity index (χ1v) is 4.48. The molecule has 0 heterocycles. The standard InChI is InChI=1S/C10H7ClF2O2/c11-7-3-1-2-6(4-7)8(14)5-9(15)10(12)13/h1-4,10H,5H2. The Morgan fingerprint density at radius 3 is 2.53 bits per heavy atom. The molecule has 1 aromatic rings. The van der Waals surface area contributed by atoms with E-state index in [0.29, 0.717) is 5.02 Å². The van der Waals surface area contributed by atoms with E-state index in [1.807, 2.05) is 0 Å². The molecule has 0 bridgehead atoms. The molecule has 1 aromatic carbocycles. The van der Waals surface area contributed by atoms with Crippen molar-refractivity contribution in [2.75, 3.05) is 0 Å². The van der Waals surface area contributed by atoms with E-state index in [1.54, 1.807) is 6.07 Å². The first kappa shape index (κ1) is 11.8. The fourth-order valence-corrected chi connectivity index (χ4v) is 1.19. The van der Waals surface area contributed by atoms with Crippen LogP contribution in [0.25, 0.3) is 0 Å². The van der Waals surface area contributed by atoms with Crippen molar-refractivity contribution in [3.05, 3.63) is 34.9 Å². The molecular weight excluding hydrogens is 226 g/mol. The third-order valence-electron chi connectivity index (χ3n) is 1.72.